The van der Waals surface area contributed by atoms with Crippen LogP contribution >= 0.6 is 0 Å². The fourth-order valence-electron chi connectivity index (χ4n) is 2.27. The Balaban J connectivity index is 2.35. The van der Waals surface area contributed by atoms with Crippen molar-refractivity contribution in [1.82, 2.24) is 0 Å². The van der Waals surface area contributed by atoms with Gasteiger partial charge in [0.05, 0.1) is 12.7 Å². The zero-order chi connectivity index (χ0) is 15.5. The Labute approximate surface area is 122 Å². The van der Waals surface area contributed by atoms with Gasteiger partial charge in [-0.2, -0.15) is 13.2 Å². The molecule has 0 saturated heterocycles. The van der Waals surface area contributed by atoms with Crippen molar-refractivity contribution in [3.8, 4) is 16.9 Å². The third-order valence-electron chi connectivity index (χ3n) is 3.35. The van der Waals surface area contributed by atoms with Crippen LogP contribution in [0.1, 0.15) is 24.5 Å². The van der Waals surface area contributed by atoms with E-state index in [4.69, 9.17) is 4.74 Å². The maximum Gasteiger partial charge on any atom is 0.416 e. The van der Waals surface area contributed by atoms with E-state index < -0.39 is 11.7 Å². The highest BCUT2D eigenvalue weighted by Gasteiger charge is 2.29. The highest BCUT2D eigenvalue weighted by Crippen LogP contribution is 2.32. The van der Waals surface area contributed by atoms with E-state index in [9.17, 15) is 13.2 Å². The number of halogens is 3. The lowest BCUT2D eigenvalue weighted by Crippen LogP contribution is -2.04. The zero-order valence-electron chi connectivity index (χ0n) is 12.0. The lowest BCUT2D eigenvalue weighted by atomic mass is 9.99. The van der Waals surface area contributed by atoms with Crippen molar-refractivity contribution in [2.75, 3.05) is 7.11 Å². The van der Waals surface area contributed by atoms with Gasteiger partial charge >= 0.3 is 6.18 Å². The number of hydrogen-bond donors (Lipinski definition) is 0. The molecule has 2 rings (SSSR count). The van der Waals surface area contributed by atoms with Gasteiger partial charge in [-0.15, -0.1) is 0 Å². The van der Waals surface area contributed by atoms with Crippen LogP contribution in [0.25, 0.3) is 11.1 Å². The molecule has 0 amide bonds. The van der Waals surface area contributed by atoms with Gasteiger partial charge in [-0.25, -0.2) is 0 Å². The predicted octanol–water partition coefficient (Wildman–Crippen LogP) is 5.33. The standard InChI is InChI=1S/C17H17F3O/c1-3-4-14-11-13(7-10-16(14)21-2)12-5-8-15(9-6-12)17(18,19)20/h5-11H,3-4H2,1-2H3. The molecule has 0 N–H and O–H groups in total. The Morgan fingerprint density at radius 1 is 0.952 bits per heavy atom. The van der Waals surface area contributed by atoms with E-state index in [1.807, 2.05) is 18.2 Å². The SMILES string of the molecule is CCCc1cc(-c2ccc(C(F)(F)F)cc2)ccc1OC. The summed E-state index contributed by atoms with van der Waals surface area (Å²) in [4.78, 5) is 0. The fraction of sp³-hybridized carbons (Fsp3) is 0.294. The summed E-state index contributed by atoms with van der Waals surface area (Å²) in [6.45, 7) is 2.07. The van der Waals surface area contributed by atoms with Crippen molar-refractivity contribution in [3.63, 3.8) is 0 Å². The average Bonchev–Trinajstić information content (AvgIpc) is 2.47. The van der Waals surface area contributed by atoms with Crippen LogP contribution in [0.3, 0.4) is 0 Å². The van der Waals surface area contributed by atoms with Crippen LogP contribution in [-0.2, 0) is 12.6 Å². The summed E-state index contributed by atoms with van der Waals surface area (Å²) in [5, 5.41) is 0. The summed E-state index contributed by atoms with van der Waals surface area (Å²) >= 11 is 0. The second-order valence-corrected chi connectivity index (χ2v) is 4.85. The van der Waals surface area contributed by atoms with Crippen LogP contribution in [0.4, 0.5) is 13.2 Å². The van der Waals surface area contributed by atoms with Crippen LogP contribution in [0, 0.1) is 0 Å². The van der Waals surface area contributed by atoms with Crippen LogP contribution in [0.15, 0.2) is 42.5 Å². The fourth-order valence-corrected chi connectivity index (χ4v) is 2.27. The minimum Gasteiger partial charge on any atom is -0.496 e. The normalized spacial score (nSPS) is 11.5. The molecule has 4 heteroatoms. The van der Waals surface area contributed by atoms with Crippen LogP contribution < -0.4 is 4.74 Å². The largest absolute Gasteiger partial charge is 0.496 e. The molecule has 0 aromatic heterocycles. The molecular weight excluding hydrogens is 277 g/mol. The van der Waals surface area contributed by atoms with Gasteiger partial charge in [-0.3, -0.25) is 0 Å². The molecule has 1 nitrogen and oxygen atoms in total. The number of alkyl halides is 3. The van der Waals surface area contributed by atoms with Gasteiger partial charge in [-0.1, -0.05) is 31.5 Å². The maximum atomic E-state index is 12.6. The third-order valence-corrected chi connectivity index (χ3v) is 3.35. The van der Waals surface area contributed by atoms with E-state index in [1.54, 1.807) is 7.11 Å². The Kier molecular flexibility index (Phi) is 4.56. The molecule has 0 atom stereocenters. The van der Waals surface area contributed by atoms with Crippen LogP contribution in [0.2, 0.25) is 0 Å². The number of benzene rings is 2. The number of ether oxygens (including phenoxy) is 1. The highest BCUT2D eigenvalue weighted by atomic mass is 19.4. The number of methoxy groups -OCH3 is 1. The van der Waals surface area contributed by atoms with Gasteiger partial charge in [0.1, 0.15) is 5.75 Å². The van der Waals surface area contributed by atoms with E-state index >= 15 is 0 Å². The molecule has 0 spiro atoms. The molecule has 0 aliphatic carbocycles. The summed E-state index contributed by atoms with van der Waals surface area (Å²) in [6.07, 6.45) is -2.45. The average molecular weight is 294 g/mol. The topological polar surface area (TPSA) is 9.23 Å². The third kappa shape index (κ3) is 3.57. The summed E-state index contributed by atoms with van der Waals surface area (Å²) in [6, 6.07) is 10.9. The molecule has 0 heterocycles. The van der Waals surface area contributed by atoms with E-state index in [-0.39, 0.29) is 0 Å². The maximum absolute atomic E-state index is 12.6. The first kappa shape index (κ1) is 15.4. The first-order valence-corrected chi connectivity index (χ1v) is 6.80. The van der Waals surface area contributed by atoms with Gasteiger partial charge in [-0.05, 0) is 47.4 Å². The molecule has 112 valence electrons. The van der Waals surface area contributed by atoms with Crippen molar-refractivity contribution in [2.45, 2.75) is 25.9 Å². The molecule has 0 radical (unpaired) electrons. The van der Waals surface area contributed by atoms with Crippen molar-refractivity contribution < 1.29 is 17.9 Å². The van der Waals surface area contributed by atoms with Gasteiger partial charge in [0.25, 0.3) is 0 Å². The minimum atomic E-state index is -4.30. The van der Waals surface area contributed by atoms with E-state index in [0.717, 1.165) is 47.4 Å². The molecule has 2 aromatic rings. The Morgan fingerprint density at radius 2 is 1.57 bits per heavy atom. The highest BCUT2D eigenvalue weighted by molar-refractivity contribution is 5.66. The zero-order valence-corrected chi connectivity index (χ0v) is 12.0. The smallest absolute Gasteiger partial charge is 0.416 e. The molecule has 2 aromatic carbocycles. The summed E-state index contributed by atoms with van der Waals surface area (Å²) in [7, 11) is 1.62. The van der Waals surface area contributed by atoms with Gasteiger partial charge < -0.3 is 4.74 Å². The summed E-state index contributed by atoms with van der Waals surface area (Å²) in [5.74, 6) is 0.813. The Hall–Kier alpha value is -1.97. The van der Waals surface area contributed by atoms with E-state index in [0.29, 0.717) is 0 Å². The van der Waals surface area contributed by atoms with Crippen molar-refractivity contribution in [1.29, 1.82) is 0 Å². The summed E-state index contributed by atoms with van der Waals surface area (Å²) < 4.78 is 43.0. The Morgan fingerprint density at radius 3 is 2.10 bits per heavy atom. The van der Waals surface area contributed by atoms with Crippen LogP contribution in [-0.4, -0.2) is 7.11 Å². The molecular formula is C17H17F3O. The number of hydrogen-bond acceptors (Lipinski definition) is 1. The molecule has 0 saturated carbocycles. The molecule has 0 bridgehead atoms. The number of aryl methyl sites for hydroxylation is 1. The molecule has 0 aliphatic heterocycles. The second kappa shape index (κ2) is 6.20. The van der Waals surface area contributed by atoms with Gasteiger partial charge in [0.2, 0.25) is 0 Å². The quantitative estimate of drug-likeness (QED) is 0.740. The first-order chi connectivity index (χ1) is 9.95. The second-order valence-electron chi connectivity index (χ2n) is 4.85. The van der Waals surface area contributed by atoms with Crippen molar-refractivity contribution in [2.24, 2.45) is 0 Å². The molecule has 0 unspecified atom stereocenters. The van der Waals surface area contributed by atoms with Gasteiger partial charge in [0.15, 0.2) is 0 Å². The predicted molar refractivity (Wildman–Crippen MR) is 77.4 cm³/mol. The van der Waals surface area contributed by atoms with Gasteiger partial charge in [0, 0.05) is 0 Å². The van der Waals surface area contributed by atoms with Crippen molar-refractivity contribution in [3.05, 3.63) is 53.6 Å². The molecule has 0 aliphatic rings. The lowest BCUT2D eigenvalue weighted by molar-refractivity contribution is -0.137. The Bertz CT molecular complexity index is 600. The van der Waals surface area contributed by atoms with E-state index in [1.165, 1.54) is 12.1 Å². The molecule has 21 heavy (non-hydrogen) atoms. The number of rotatable bonds is 4. The summed E-state index contributed by atoms with van der Waals surface area (Å²) in [5.41, 5.74) is 2.10. The molecule has 0 fully saturated rings. The lowest BCUT2D eigenvalue weighted by Gasteiger charge is -2.11. The van der Waals surface area contributed by atoms with Crippen molar-refractivity contribution >= 4 is 0 Å². The minimum absolute atomic E-state index is 0.631. The van der Waals surface area contributed by atoms with E-state index in [2.05, 4.69) is 6.92 Å². The monoisotopic (exact) mass is 294 g/mol. The van der Waals surface area contributed by atoms with Crippen LogP contribution in [0.5, 0.6) is 5.75 Å². The first-order valence-electron chi connectivity index (χ1n) is 6.80.